The van der Waals surface area contributed by atoms with E-state index in [2.05, 4.69) is 99.8 Å². The van der Waals surface area contributed by atoms with E-state index in [0.717, 1.165) is 98.4 Å². The Kier molecular flexibility index (Phi) is 16.2. The Balaban J connectivity index is 1.21. The predicted octanol–water partition coefficient (Wildman–Crippen LogP) is 10.3. The molecule has 6 atom stereocenters. The van der Waals surface area contributed by atoms with Gasteiger partial charge in [0.1, 0.15) is 12.5 Å². The fourth-order valence-corrected chi connectivity index (χ4v) is 10.5. The van der Waals surface area contributed by atoms with E-state index in [1.807, 2.05) is 19.9 Å². The largest absolute Gasteiger partial charge is 0.468 e. The summed E-state index contributed by atoms with van der Waals surface area (Å²) in [5.41, 5.74) is 12.5. The van der Waals surface area contributed by atoms with Gasteiger partial charge in [0.25, 0.3) is 0 Å². The van der Waals surface area contributed by atoms with Crippen LogP contribution in [-0.2, 0) is 25.5 Å². The molecule has 0 radical (unpaired) electrons. The Labute approximate surface area is 382 Å². The average Bonchev–Trinajstić information content (AvgIpc) is 3.99. The minimum Gasteiger partial charge on any atom is -0.468 e. The number of aliphatic hydroxyl groups excluding tert-OH is 1. The van der Waals surface area contributed by atoms with Gasteiger partial charge in [-0.15, -0.1) is 6.42 Å². The van der Waals surface area contributed by atoms with Crippen molar-refractivity contribution in [1.29, 1.82) is 0 Å². The summed E-state index contributed by atoms with van der Waals surface area (Å²) < 4.78 is 11.2. The van der Waals surface area contributed by atoms with Crippen LogP contribution >= 0.6 is 0 Å². The molecule has 3 aromatic rings. The Hall–Kier alpha value is -4.94. The van der Waals surface area contributed by atoms with E-state index >= 15 is 0 Å². The Bertz CT molecular complexity index is 2440. The summed E-state index contributed by atoms with van der Waals surface area (Å²) in [6.45, 7) is 22.2. The van der Waals surface area contributed by atoms with Crippen LogP contribution in [0.3, 0.4) is 0 Å². The van der Waals surface area contributed by atoms with E-state index in [4.69, 9.17) is 15.9 Å². The van der Waals surface area contributed by atoms with Gasteiger partial charge in [0.2, 0.25) is 0 Å². The number of esters is 2. The topological polar surface area (TPSA) is 132 Å². The molecule has 9 nitrogen and oxygen atoms in total. The third-order valence-electron chi connectivity index (χ3n) is 14.6. The molecule has 0 spiro atoms. The van der Waals surface area contributed by atoms with Gasteiger partial charge in [-0.3, -0.25) is 9.59 Å². The number of hydrogen-bond acceptors (Lipinski definition) is 6. The van der Waals surface area contributed by atoms with Gasteiger partial charge < -0.3 is 34.8 Å². The molecule has 1 fully saturated rings. The molecular weight excluding hydrogens is 797 g/mol. The number of ether oxygens (including phenoxy) is 2. The lowest BCUT2D eigenvalue weighted by molar-refractivity contribution is -0.146. The van der Waals surface area contributed by atoms with Gasteiger partial charge in [0.15, 0.2) is 0 Å². The highest BCUT2D eigenvalue weighted by Gasteiger charge is 2.48. The first-order chi connectivity index (χ1) is 30.6. The van der Waals surface area contributed by atoms with E-state index in [1.54, 1.807) is 0 Å². The van der Waals surface area contributed by atoms with Gasteiger partial charge in [0.05, 0.1) is 30.2 Å². The van der Waals surface area contributed by atoms with Crippen LogP contribution in [0.2, 0.25) is 0 Å². The summed E-state index contributed by atoms with van der Waals surface area (Å²) >= 11 is 0. The van der Waals surface area contributed by atoms with Crippen LogP contribution in [0.5, 0.6) is 0 Å². The molecule has 9 heteroatoms. The lowest BCUT2D eigenvalue weighted by atomic mass is 9.84. The van der Waals surface area contributed by atoms with Crippen molar-refractivity contribution in [3.63, 3.8) is 0 Å². The van der Waals surface area contributed by atoms with Crippen molar-refractivity contribution < 1.29 is 24.2 Å². The van der Waals surface area contributed by atoms with E-state index in [-0.39, 0.29) is 30.8 Å². The smallest absolute Gasteiger partial charge is 0.316 e. The summed E-state index contributed by atoms with van der Waals surface area (Å²) in [6.07, 6.45) is 26.2. The summed E-state index contributed by atoms with van der Waals surface area (Å²) in [5.74, 6) is 3.24. The van der Waals surface area contributed by atoms with E-state index in [9.17, 15) is 14.7 Å². The van der Waals surface area contributed by atoms with Crippen molar-refractivity contribution in [3.05, 3.63) is 89.9 Å². The second-order valence-electron chi connectivity index (χ2n) is 19.8. The van der Waals surface area contributed by atoms with Gasteiger partial charge in [-0.2, -0.15) is 0 Å². The highest BCUT2D eigenvalue weighted by molar-refractivity contribution is 5.95. The van der Waals surface area contributed by atoms with Crippen LogP contribution < -0.4 is 16.0 Å². The standard InChI is InChI=1S/C55H76N4O5/c1-13-39-35(8)42-28-44-37(10)41(24-25-48(60)64-27-26-34(7)23-17-22-33(6)21-16-20-32(5)19-15-18-31(3)4)52(58-44)50-51(55(62)63-12)54(61)49-38(11)45(59-53(49)50)30-47-40(14-2)36(9)43(57-47)29-46(39)56-42/h1,26,28-33,37,41,51,54,56-59,61H,14-25,27H2,2-12H3/b34-26+,43-29-,44-28-,47-30-,52-50-/t32-,33+,37+,41+,51-,54+/m1/s1. The van der Waals surface area contributed by atoms with Crippen molar-refractivity contribution in [2.75, 3.05) is 13.7 Å². The first-order valence-corrected chi connectivity index (χ1v) is 24.2. The maximum absolute atomic E-state index is 13.7. The number of carbonyl (C=O) groups is 2. The molecule has 5 heterocycles. The first kappa shape index (κ1) is 48.5. The summed E-state index contributed by atoms with van der Waals surface area (Å²) in [6, 6.07) is 0. The number of aromatic nitrogens is 3. The van der Waals surface area contributed by atoms with Crippen molar-refractivity contribution in [2.45, 2.75) is 152 Å². The quantitative estimate of drug-likeness (QED) is 0.0463. The first-order valence-electron chi connectivity index (χ1n) is 24.2. The molecule has 0 saturated carbocycles. The zero-order chi connectivity index (χ0) is 46.4. The molecule has 0 aromatic carbocycles. The molecular formula is C55H76N4O5. The van der Waals surface area contributed by atoms with Crippen LogP contribution in [0, 0.1) is 68.6 Å². The maximum atomic E-state index is 13.7. The Morgan fingerprint density at radius 3 is 2.17 bits per heavy atom. The highest BCUT2D eigenvalue weighted by Crippen LogP contribution is 2.52. The number of nitrogens with one attached hydrogen (secondary N) is 4. The number of hydrogen-bond donors (Lipinski definition) is 5. The SMILES string of the molecule is C#Cc1c2[nH]c(c1C)/C=C1\N/C(=C3\c4[nH]c(c(C)c4[C@H](O)[C@@H]3C(=O)OC)/C=c3\[nH]/c(c(C)c3CC)=C\2)[C@@H](CCC(=O)OC/C=C(\C)CCC[C@@H](C)CCC[C@H](C)CCCC(C)C)[C@@H]1C. The zero-order valence-electron chi connectivity index (χ0n) is 40.7. The van der Waals surface area contributed by atoms with E-state index in [1.165, 1.54) is 63.2 Å². The van der Waals surface area contributed by atoms with Gasteiger partial charge in [-0.1, -0.05) is 98.0 Å². The number of methoxy groups -OCH3 is 1. The van der Waals surface area contributed by atoms with E-state index in [0.29, 0.717) is 23.3 Å². The second kappa shape index (κ2) is 21.4. The molecule has 3 aliphatic rings. The monoisotopic (exact) mass is 873 g/mol. The van der Waals surface area contributed by atoms with Gasteiger partial charge >= 0.3 is 11.9 Å². The normalized spacial score (nSPS) is 23.1. The minimum absolute atomic E-state index is 0.0838. The second-order valence-corrected chi connectivity index (χ2v) is 19.8. The van der Waals surface area contributed by atoms with Gasteiger partial charge in [-0.25, -0.2) is 0 Å². The van der Waals surface area contributed by atoms with Gasteiger partial charge in [0, 0.05) is 62.9 Å². The molecule has 5 N–H and O–H groups in total. The molecule has 1 saturated heterocycles. The third-order valence-corrected chi connectivity index (χ3v) is 14.6. The fourth-order valence-electron chi connectivity index (χ4n) is 10.5. The molecule has 6 rings (SSSR count). The molecule has 64 heavy (non-hydrogen) atoms. The van der Waals surface area contributed by atoms with Crippen molar-refractivity contribution in [2.24, 2.45) is 35.5 Å². The Morgan fingerprint density at radius 2 is 1.52 bits per heavy atom. The van der Waals surface area contributed by atoms with Crippen LogP contribution in [0.15, 0.2) is 23.0 Å². The fraction of sp³-hybridized carbons (Fsp3) is 0.564. The molecule has 346 valence electrons. The third kappa shape index (κ3) is 10.6. The number of aromatic amines is 3. The molecule has 3 aromatic heterocycles. The number of carbonyl (C=O) groups excluding carboxylic acids is 2. The molecule has 0 amide bonds. The van der Waals surface area contributed by atoms with E-state index < -0.39 is 18.0 Å². The highest BCUT2D eigenvalue weighted by atomic mass is 16.5. The number of aliphatic hydroxyl groups is 1. The number of H-pyrrole nitrogens is 3. The molecule has 0 unspecified atom stereocenters. The average molecular weight is 873 g/mol. The lowest BCUT2D eigenvalue weighted by Crippen LogP contribution is -2.24. The number of rotatable bonds is 19. The summed E-state index contributed by atoms with van der Waals surface area (Å²) in [7, 11) is 1.36. The lowest BCUT2D eigenvalue weighted by Gasteiger charge is -2.21. The van der Waals surface area contributed by atoms with Crippen molar-refractivity contribution in [1.82, 2.24) is 20.3 Å². The number of fused-ring (bicyclic) bond motifs is 7. The van der Waals surface area contributed by atoms with Gasteiger partial charge in [-0.05, 0) is 118 Å². The number of allylic oxidation sites excluding steroid dienone is 3. The van der Waals surface area contributed by atoms with Crippen LogP contribution in [-0.4, -0.2) is 45.7 Å². The molecule has 1 aliphatic carbocycles. The zero-order valence-corrected chi connectivity index (χ0v) is 40.7. The predicted molar refractivity (Wildman–Crippen MR) is 260 cm³/mol. The van der Waals surface area contributed by atoms with Crippen LogP contribution in [0.1, 0.15) is 181 Å². The molecule has 8 bridgehead atoms. The maximum Gasteiger partial charge on any atom is 0.316 e. The minimum atomic E-state index is -1.12. The van der Waals surface area contributed by atoms with Crippen molar-refractivity contribution in [3.8, 4) is 12.3 Å². The summed E-state index contributed by atoms with van der Waals surface area (Å²) in [4.78, 5) is 38.0. The summed E-state index contributed by atoms with van der Waals surface area (Å²) in [5, 5.41) is 17.7. The number of terminal acetylenes is 1. The van der Waals surface area contributed by atoms with Crippen molar-refractivity contribution >= 4 is 35.7 Å². The van der Waals surface area contributed by atoms with Crippen LogP contribution in [0.4, 0.5) is 0 Å². The molecule has 2 aliphatic heterocycles. The Morgan fingerprint density at radius 1 is 0.859 bits per heavy atom. The van der Waals surface area contributed by atoms with Crippen LogP contribution in [0.25, 0.3) is 23.8 Å².